The molecule has 10 nitrogen and oxygen atoms in total. The number of ether oxygens (including phenoxy) is 2. The van der Waals surface area contributed by atoms with Crippen molar-refractivity contribution in [3.8, 4) is 28.5 Å². The Bertz CT molecular complexity index is 1670. The summed E-state index contributed by atoms with van der Waals surface area (Å²) in [5.41, 5.74) is 5.37. The Morgan fingerprint density at radius 3 is 2.70 bits per heavy atom. The number of halogens is 1. The van der Waals surface area contributed by atoms with Gasteiger partial charge < -0.3 is 28.5 Å². The van der Waals surface area contributed by atoms with Crippen molar-refractivity contribution in [3.63, 3.8) is 0 Å². The van der Waals surface area contributed by atoms with Crippen molar-refractivity contribution in [2.24, 2.45) is 7.05 Å². The number of aryl methyl sites for hydroxylation is 2. The largest absolute Gasteiger partial charge is 0.490 e. The van der Waals surface area contributed by atoms with E-state index in [-0.39, 0.29) is 24.4 Å². The molecular weight excluding hydrogens is 517 g/mol. The maximum Gasteiger partial charge on any atom is 0.318 e. The number of pyridine rings is 1. The van der Waals surface area contributed by atoms with Gasteiger partial charge in [0.05, 0.1) is 25.2 Å². The zero-order valence-corrected chi connectivity index (χ0v) is 22.7. The van der Waals surface area contributed by atoms with Gasteiger partial charge in [0, 0.05) is 36.8 Å². The van der Waals surface area contributed by atoms with Gasteiger partial charge in [0.2, 0.25) is 0 Å². The van der Waals surface area contributed by atoms with E-state index in [2.05, 4.69) is 15.1 Å². The van der Waals surface area contributed by atoms with Gasteiger partial charge in [0.1, 0.15) is 11.3 Å². The van der Waals surface area contributed by atoms with Crippen LogP contribution in [0.5, 0.6) is 5.75 Å². The third-order valence-corrected chi connectivity index (χ3v) is 8.46. The number of anilines is 1. The van der Waals surface area contributed by atoms with E-state index in [0.29, 0.717) is 77.1 Å². The molecule has 3 aliphatic rings. The standard InChI is InChI=1S/C29H30FN5O5/c1-14-18-5-4-8-38-26(18)22(30)9-19(14)25-20(11-24(36)37)15(2)31-27-21(25)10-23(34(27)3)28-32-33-29(40-28)35-12-16-6-7-17(13-35)39-16/h9-10,16-17H,4-8,11-13H2,1-3H3,(H,36,37). The first kappa shape index (κ1) is 25.0. The minimum atomic E-state index is -0.984. The molecule has 2 fully saturated rings. The smallest absolute Gasteiger partial charge is 0.318 e. The molecule has 2 atom stereocenters. The Hall–Kier alpha value is -3.99. The molecule has 208 valence electrons. The van der Waals surface area contributed by atoms with Crippen LogP contribution < -0.4 is 9.64 Å². The van der Waals surface area contributed by atoms with Crippen molar-refractivity contribution in [1.82, 2.24) is 19.7 Å². The minimum absolute atomic E-state index is 0.180. The maximum atomic E-state index is 15.4. The molecule has 0 aliphatic carbocycles. The van der Waals surface area contributed by atoms with Crippen molar-refractivity contribution < 1.29 is 28.2 Å². The maximum absolute atomic E-state index is 15.4. The number of morpholine rings is 1. The van der Waals surface area contributed by atoms with Gasteiger partial charge >= 0.3 is 12.0 Å². The third-order valence-electron chi connectivity index (χ3n) is 8.46. The van der Waals surface area contributed by atoms with E-state index in [1.54, 1.807) is 6.92 Å². The molecule has 1 N–H and O–H groups in total. The van der Waals surface area contributed by atoms with Gasteiger partial charge in [0.25, 0.3) is 5.89 Å². The number of carboxylic acid groups (broad SMARTS) is 1. The molecule has 2 bridgehead atoms. The highest BCUT2D eigenvalue weighted by Crippen LogP contribution is 2.43. The lowest BCUT2D eigenvalue weighted by Gasteiger charge is -2.30. The van der Waals surface area contributed by atoms with Crippen LogP contribution in [0.3, 0.4) is 0 Å². The molecule has 0 spiro atoms. The van der Waals surface area contributed by atoms with E-state index in [1.165, 1.54) is 6.07 Å². The highest BCUT2D eigenvalue weighted by atomic mass is 19.1. The summed E-state index contributed by atoms with van der Waals surface area (Å²) < 4.78 is 35.0. The Kier molecular flexibility index (Phi) is 5.81. The number of carboxylic acids is 1. The van der Waals surface area contributed by atoms with Gasteiger partial charge in [0.15, 0.2) is 11.6 Å². The summed E-state index contributed by atoms with van der Waals surface area (Å²) in [5.74, 6) is -0.809. The van der Waals surface area contributed by atoms with Crippen LogP contribution in [-0.2, 0) is 29.4 Å². The predicted molar refractivity (Wildman–Crippen MR) is 144 cm³/mol. The van der Waals surface area contributed by atoms with Crippen LogP contribution in [0.2, 0.25) is 0 Å². The average Bonchev–Trinajstić information content (AvgIpc) is 3.64. The number of aromatic nitrogens is 4. The highest BCUT2D eigenvalue weighted by molar-refractivity contribution is 6.00. The van der Waals surface area contributed by atoms with Crippen LogP contribution in [0.1, 0.15) is 41.6 Å². The van der Waals surface area contributed by atoms with E-state index >= 15 is 4.39 Å². The Morgan fingerprint density at radius 2 is 1.95 bits per heavy atom. The number of aliphatic carboxylic acids is 1. The normalized spacial score (nSPS) is 20.1. The van der Waals surface area contributed by atoms with Crippen LogP contribution >= 0.6 is 0 Å². The molecular formula is C29H30FN5O5. The lowest BCUT2D eigenvalue weighted by atomic mass is 9.87. The van der Waals surface area contributed by atoms with Gasteiger partial charge in [-0.1, -0.05) is 5.10 Å². The zero-order chi connectivity index (χ0) is 27.7. The van der Waals surface area contributed by atoms with Crippen molar-refractivity contribution in [2.75, 3.05) is 24.6 Å². The summed E-state index contributed by atoms with van der Waals surface area (Å²) >= 11 is 0. The lowest BCUT2D eigenvalue weighted by molar-refractivity contribution is -0.136. The fourth-order valence-corrected chi connectivity index (χ4v) is 6.50. The topological polar surface area (TPSA) is 116 Å². The van der Waals surface area contributed by atoms with Crippen molar-refractivity contribution in [3.05, 3.63) is 40.3 Å². The summed E-state index contributed by atoms with van der Waals surface area (Å²) in [6, 6.07) is 3.79. The molecule has 7 rings (SSSR count). The van der Waals surface area contributed by atoms with E-state index in [9.17, 15) is 9.90 Å². The number of hydrogen-bond donors (Lipinski definition) is 1. The molecule has 11 heteroatoms. The quantitative estimate of drug-likeness (QED) is 0.389. The molecule has 40 heavy (non-hydrogen) atoms. The zero-order valence-electron chi connectivity index (χ0n) is 22.7. The number of benzene rings is 1. The molecule has 0 amide bonds. The summed E-state index contributed by atoms with van der Waals surface area (Å²) in [5, 5.41) is 19.2. The summed E-state index contributed by atoms with van der Waals surface area (Å²) in [7, 11) is 1.86. The second-order valence-corrected chi connectivity index (χ2v) is 11.0. The number of hydrogen-bond acceptors (Lipinski definition) is 8. The molecule has 0 saturated carbocycles. The fraction of sp³-hybridized carbons (Fsp3) is 0.448. The molecule has 3 aromatic heterocycles. The SMILES string of the molecule is Cc1nc2c(cc(-c3nnc(N4CC5CCC(C4)O5)o3)n2C)c(-c2cc(F)c3c(c2C)CCCO3)c1CC(=O)O. The summed E-state index contributed by atoms with van der Waals surface area (Å²) in [4.78, 5) is 18.8. The van der Waals surface area contributed by atoms with E-state index in [0.717, 1.165) is 30.4 Å². The average molecular weight is 548 g/mol. The molecule has 6 heterocycles. The molecule has 4 aromatic rings. The van der Waals surface area contributed by atoms with Crippen molar-refractivity contribution >= 4 is 23.0 Å². The van der Waals surface area contributed by atoms with Gasteiger partial charge in [-0.25, -0.2) is 9.37 Å². The number of fused-ring (bicyclic) bond motifs is 4. The van der Waals surface area contributed by atoms with Crippen LogP contribution in [0.4, 0.5) is 10.4 Å². The number of carbonyl (C=O) groups is 1. The monoisotopic (exact) mass is 547 g/mol. The molecule has 2 saturated heterocycles. The first-order valence-electron chi connectivity index (χ1n) is 13.7. The second kappa shape index (κ2) is 9.29. The second-order valence-electron chi connectivity index (χ2n) is 11.0. The first-order valence-corrected chi connectivity index (χ1v) is 13.7. The van der Waals surface area contributed by atoms with Gasteiger partial charge in [-0.2, -0.15) is 0 Å². The molecule has 2 unspecified atom stereocenters. The van der Waals surface area contributed by atoms with Crippen LogP contribution in [-0.4, -0.2) is 62.7 Å². The predicted octanol–water partition coefficient (Wildman–Crippen LogP) is 4.37. The fourth-order valence-electron chi connectivity index (χ4n) is 6.50. The van der Waals surface area contributed by atoms with Crippen LogP contribution in [0, 0.1) is 19.7 Å². The van der Waals surface area contributed by atoms with Gasteiger partial charge in [-0.05, 0) is 73.9 Å². The first-order chi connectivity index (χ1) is 19.3. The molecule has 0 radical (unpaired) electrons. The summed E-state index contributed by atoms with van der Waals surface area (Å²) in [6.07, 6.45) is 3.68. The van der Waals surface area contributed by atoms with Crippen LogP contribution in [0.25, 0.3) is 33.7 Å². The van der Waals surface area contributed by atoms with E-state index < -0.39 is 11.8 Å². The third kappa shape index (κ3) is 3.94. The van der Waals surface area contributed by atoms with Gasteiger partial charge in [-0.15, -0.1) is 5.10 Å². The van der Waals surface area contributed by atoms with E-state index in [4.69, 9.17) is 18.9 Å². The number of nitrogens with zero attached hydrogens (tertiary/aromatic N) is 5. The Morgan fingerprint density at radius 1 is 1.18 bits per heavy atom. The van der Waals surface area contributed by atoms with E-state index in [1.807, 2.05) is 24.6 Å². The summed E-state index contributed by atoms with van der Waals surface area (Å²) in [6.45, 7) is 5.63. The Balaban J connectivity index is 1.40. The Labute approximate surface area is 229 Å². The lowest BCUT2D eigenvalue weighted by Crippen LogP contribution is -2.42. The number of rotatable bonds is 5. The molecule has 1 aromatic carbocycles. The molecule has 3 aliphatic heterocycles. The van der Waals surface area contributed by atoms with Gasteiger partial charge in [-0.3, -0.25) is 4.79 Å². The minimum Gasteiger partial charge on any atom is -0.490 e. The highest BCUT2D eigenvalue weighted by Gasteiger charge is 2.36. The van der Waals surface area contributed by atoms with Crippen LogP contribution in [0.15, 0.2) is 16.5 Å². The van der Waals surface area contributed by atoms with Crippen molar-refractivity contribution in [2.45, 2.75) is 58.2 Å². The van der Waals surface area contributed by atoms with Crippen molar-refractivity contribution in [1.29, 1.82) is 0 Å².